The summed E-state index contributed by atoms with van der Waals surface area (Å²) < 4.78 is 0.484. The molecule has 0 aliphatic rings. The van der Waals surface area contributed by atoms with E-state index in [0.29, 0.717) is 4.77 Å². The molecule has 0 aliphatic carbocycles. The molecule has 0 atom stereocenters. The van der Waals surface area contributed by atoms with Crippen LogP contribution in [-0.4, -0.2) is 9.97 Å². The molecule has 0 fully saturated rings. The smallest absolute Gasteiger partial charge is 0.197 e. The summed E-state index contributed by atoms with van der Waals surface area (Å²) in [6, 6.07) is 5.95. The topological polar surface area (TPSA) is 28.7 Å². The lowest BCUT2D eigenvalue weighted by Gasteiger charge is -2.07. The van der Waals surface area contributed by atoms with Crippen LogP contribution in [0, 0.1) is 18.6 Å². The number of H-pyrrole nitrogens is 1. The molecule has 16 heavy (non-hydrogen) atoms. The zero-order valence-corrected chi connectivity index (χ0v) is 10.6. The maximum atomic E-state index is 6.10. The Balaban J connectivity index is 2.62. The number of hydrogen-bond acceptors (Lipinski definition) is 2. The van der Waals surface area contributed by atoms with Gasteiger partial charge in [0.15, 0.2) is 4.77 Å². The van der Waals surface area contributed by atoms with E-state index >= 15 is 0 Å². The van der Waals surface area contributed by atoms with Crippen molar-refractivity contribution in [3.05, 3.63) is 45.3 Å². The molecule has 2 rings (SSSR count). The molecule has 2 aromatic rings. The van der Waals surface area contributed by atoms with Crippen molar-refractivity contribution in [2.75, 3.05) is 0 Å². The summed E-state index contributed by atoms with van der Waals surface area (Å²) in [7, 11) is 0. The monoisotopic (exact) mass is 250 g/mol. The number of nitrogens with one attached hydrogen (secondary N) is 1. The quantitative estimate of drug-likeness (QED) is 0.773. The standard InChI is InChI=1S/C12H11ClN2S/c1-7-3-4-9(5-10(7)13)11-8(2)6-14-12(16)15-11/h3-6H,1-2H3,(H,14,15,16). The van der Waals surface area contributed by atoms with Gasteiger partial charge in [-0.2, -0.15) is 0 Å². The summed E-state index contributed by atoms with van der Waals surface area (Å²) in [5.74, 6) is 0. The van der Waals surface area contributed by atoms with E-state index in [1.807, 2.05) is 32.0 Å². The highest BCUT2D eigenvalue weighted by Crippen LogP contribution is 2.25. The third kappa shape index (κ3) is 2.15. The second-order valence-corrected chi connectivity index (χ2v) is 4.50. The predicted molar refractivity (Wildman–Crippen MR) is 69.3 cm³/mol. The Kier molecular flexibility index (Phi) is 3.08. The fraction of sp³-hybridized carbons (Fsp3) is 0.167. The average molecular weight is 251 g/mol. The van der Waals surface area contributed by atoms with E-state index < -0.39 is 0 Å². The lowest BCUT2D eigenvalue weighted by Crippen LogP contribution is -1.91. The zero-order chi connectivity index (χ0) is 11.7. The Morgan fingerprint density at radius 3 is 2.69 bits per heavy atom. The second kappa shape index (κ2) is 4.36. The molecule has 0 bridgehead atoms. The fourth-order valence-corrected chi connectivity index (χ4v) is 1.84. The van der Waals surface area contributed by atoms with E-state index in [4.69, 9.17) is 23.8 Å². The summed E-state index contributed by atoms with van der Waals surface area (Å²) in [6.45, 7) is 3.97. The van der Waals surface area contributed by atoms with E-state index in [-0.39, 0.29) is 0 Å². The first-order valence-electron chi connectivity index (χ1n) is 4.90. The molecule has 2 nitrogen and oxygen atoms in total. The first kappa shape index (κ1) is 11.3. The molecule has 1 heterocycles. The molecular formula is C12H11ClN2S. The van der Waals surface area contributed by atoms with E-state index in [0.717, 1.165) is 27.4 Å². The Morgan fingerprint density at radius 2 is 2.00 bits per heavy atom. The van der Waals surface area contributed by atoms with Crippen LogP contribution in [0.5, 0.6) is 0 Å². The molecule has 1 aromatic heterocycles. The first-order valence-corrected chi connectivity index (χ1v) is 5.69. The van der Waals surface area contributed by atoms with Crippen LogP contribution in [0.1, 0.15) is 11.1 Å². The van der Waals surface area contributed by atoms with Crippen molar-refractivity contribution < 1.29 is 0 Å². The number of aromatic nitrogens is 2. The molecule has 0 unspecified atom stereocenters. The number of hydrogen-bond donors (Lipinski definition) is 1. The van der Waals surface area contributed by atoms with Gasteiger partial charge in [0.2, 0.25) is 0 Å². The van der Waals surface area contributed by atoms with Gasteiger partial charge < -0.3 is 4.98 Å². The Hall–Kier alpha value is -1.19. The number of nitrogens with zero attached hydrogens (tertiary/aromatic N) is 1. The van der Waals surface area contributed by atoms with Crippen LogP contribution in [0.15, 0.2) is 24.4 Å². The highest BCUT2D eigenvalue weighted by molar-refractivity contribution is 7.71. The molecule has 0 saturated carbocycles. The summed E-state index contributed by atoms with van der Waals surface area (Å²) in [5, 5.41) is 0.757. The minimum absolute atomic E-state index is 0.484. The van der Waals surface area contributed by atoms with Gasteiger partial charge in [-0.25, -0.2) is 4.98 Å². The van der Waals surface area contributed by atoms with Crippen LogP contribution < -0.4 is 0 Å². The predicted octanol–water partition coefficient (Wildman–Crippen LogP) is 4.08. The van der Waals surface area contributed by atoms with Gasteiger partial charge in [0.25, 0.3) is 0 Å². The SMILES string of the molecule is Cc1ccc(-c2[nH]c(=S)ncc2C)cc1Cl. The third-order valence-electron chi connectivity index (χ3n) is 2.46. The number of aryl methyl sites for hydroxylation is 2. The van der Waals surface area contributed by atoms with Crippen LogP contribution in [0.25, 0.3) is 11.3 Å². The molecule has 82 valence electrons. The summed E-state index contributed by atoms with van der Waals surface area (Å²) in [5.41, 5.74) is 4.12. The maximum absolute atomic E-state index is 6.10. The van der Waals surface area contributed by atoms with Crippen molar-refractivity contribution >= 4 is 23.8 Å². The first-order chi connectivity index (χ1) is 7.58. The van der Waals surface area contributed by atoms with Gasteiger partial charge in [-0.05, 0) is 48.8 Å². The summed E-state index contributed by atoms with van der Waals surface area (Å²) >= 11 is 11.1. The molecule has 0 aliphatic heterocycles. The number of aromatic amines is 1. The van der Waals surface area contributed by atoms with Crippen LogP contribution in [0.2, 0.25) is 5.02 Å². The molecule has 1 N–H and O–H groups in total. The largest absolute Gasteiger partial charge is 0.330 e. The van der Waals surface area contributed by atoms with Crippen molar-refractivity contribution in [1.29, 1.82) is 0 Å². The molecule has 0 spiro atoms. The average Bonchev–Trinajstić information content (AvgIpc) is 2.26. The van der Waals surface area contributed by atoms with Gasteiger partial charge in [0, 0.05) is 11.2 Å². The number of rotatable bonds is 1. The molecule has 0 saturated heterocycles. The van der Waals surface area contributed by atoms with Gasteiger partial charge in [0.05, 0.1) is 5.69 Å². The van der Waals surface area contributed by atoms with E-state index in [1.165, 1.54) is 0 Å². The lowest BCUT2D eigenvalue weighted by atomic mass is 10.1. The minimum Gasteiger partial charge on any atom is -0.330 e. The molecular weight excluding hydrogens is 240 g/mol. The van der Waals surface area contributed by atoms with Crippen LogP contribution in [-0.2, 0) is 0 Å². The minimum atomic E-state index is 0.484. The Morgan fingerprint density at radius 1 is 1.25 bits per heavy atom. The van der Waals surface area contributed by atoms with Gasteiger partial charge in [-0.3, -0.25) is 0 Å². The van der Waals surface area contributed by atoms with Gasteiger partial charge in [-0.1, -0.05) is 23.7 Å². The van der Waals surface area contributed by atoms with Gasteiger partial charge in [0.1, 0.15) is 0 Å². The van der Waals surface area contributed by atoms with Crippen molar-refractivity contribution in [3.63, 3.8) is 0 Å². The van der Waals surface area contributed by atoms with E-state index in [9.17, 15) is 0 Å². The van der Waals surface area contributed by atoms with Crippen molar-refractivity contribution in [3.8, 4) is 11.3 Å². The molecule has 0 radical (unpaired) electrons. The highest BCUT2D eigenvalue weighted by Gasteiger charge is 2.04. The fourth-order valence-electron chi connectivity index (χ4n) is 1.51. The third-order valence-corrected chi connectivity index (χ3v) is 3.08. The number of benzene rings is 1. The zero-order valence-electron chi connectivity index (χ0n) is 9.04. The number of halogens is 1. The van der Waals surface area contributed by atoms with E-state index in [2.05, 4.69) is 9.97 Å². The summed E-state index contributed by atoms with van der Waals surface area (Å²) in [6.07, 6.45) is 1.77. The van der Waals surface area contributed by atoms with Crippen molar-refractivity contribution in [2.45, 2.75) is 13.8 Å². The normalized spacial score (nSPS) is 10.4. The molecule has 0 amide bonds. The van der Waals surface area contributed by atoms with Crippen LogP contribution in [0.3, 0.4) is 0 Å². The lowest BCUT2D eigenvalue weighted by molar-refractivity contribution is 1.11. The maximum Gasteiger partial charge on any atom is 0.197 e. The van der Waals surface area contributed by atoms with Crippen molar-refractivity contribution in [1.82, 2.24) is 9.97 Å². The Bertz CT molecular complexity index is 590. The van der Waals surface area contributed by atoms with E-state index in [1.54, 1.807) is 6.20 Å². The van der Waals surface area contributed by atoms with Crippen LogP contribution in [0.4, 0.5) is 0 Å². The Labute approximate surface area is 104 Å². The van der Waals surface area contributed by atoms with Crippen molar-refractivity contribution in [2.24, 2.45) is 0 Å². The van der Waals surface area contributed by atoms with Gasteiger partial charge >= 0.3 is 0 Å². The highest BCUT2D eigenvalue weighted by atomic mass is 35.5. The van der Waals surface area contributed by atoms with Gasteiger partial charge in [-0.15, -0.1) is 0 Å². The summed E-state index contributed by atoms with van der Waals surface area (Å²) in [4.78, 5) is 7.11. The second-order valence-electron chi connectivity index (χ2n) is 3.71. The molecule has 4 heteroatoms. The van der Waals surface area contributed by atoms with Crippen LogP contribution >= 0.6 is 23.8 Å². The molecule has 1 aromatic carbocycles.